The number of anilines is 2. The molecule has 1 unspecified atom stereocenters. The number of rotatable bonds is 7. The highest BCUT2D eigenvalue weighted by Gasteiger charge is 2.30. The van der Waals surface area contributed by atoms with Crippen molar-refractivity contribution in [2.24, 2.45) is 5.92 Å². The largest absolute Gasteiger partial charge is 0.469 e. The van der Waals surface area contributed by atoms with Crippen LogP contribution in [0.2, 0.25) is 10.0 Å². The van der Waals surface area contributed by atoms with Crippen molar-refractivity contribution in [2.45, 2.75) is 6.92 Å². The van der Waals surface area contributed by atoms with Crippen molar-refractivity contribution in [1.29, 1.82) is 0 Å². The molecule has 2 aromatic rings. The first-order valence-electron chi connectivity index (χ1n) is 8.97. The van der Waals surface area contributed by atoms with Gasteiger partial charge in [-0.15, -0.1) is 0 Å². The van der Waals surface area contributed by atoms with Crippen LogP contribution in [0.1, 0.15) is 6.92 Å². The van der Waals surface area contributed by atoms with Crippen molar-refractivity contribution in [3.05, 3.63) is 58.6 Å². The summed E-state index contributed by atoms with van der Waals surface area (Å²) in [5.74, 6) is -1.18. The fraction of sp³-hybridized carbons (Fsp3) is 0.211. The zero-order valence-electron chi connectivity index (χ0n) is 16.6. The van der Waals surface area contributed by atoms with Crippen LogP contribution < -0.4 is 20.8 Å². The Hall–Kier alpha value is -1.90. The highest BCUT2D eigenvalue weighted by atomic mass is 35.5. The fourth-order valence-electron chi connectivity index (χ4n) is 2.49. The summed E-state index contributed by atoms with van der Waals surface area (Å²) in [6.07, 6.45) is -0.0927. The van der Waals surface area contributed by atoms with Gasteiger partial charge in [0.1, 0.15) is 0 Å². The highest BCUT2D eigenvalue weighted by Crippen LogP contribution is 2.39. The van der Waals surface area contributed by atoms with E-state index in [4.69, 9.17) is 52.4 Å². The number of hydrogen-bond donors (Lipinski definition) is 4. The lowest BCUT2D eigenvalue weighted by Gasteiger charge is -2.25. The maximum atomic E-state index is 13.6. The molecule has 1 atom stereocenters. The summed E-state index contributed by atoms with van der Waals surface area (Å²) >= 11 is 22.4. The van der Waals surface area contributed by atoms with E-state index in [0.717, 1.165) is 0 Å². The number of carbonyl (C=O) groups is 1. The number of methoxy groups -OCH3 is 1. The summed E-state index contributed by atoms with van der Waals surface area (Å²) in [7, 11) is -2.24. The third-order valence-corrected chi connectivity index (χ3v) is 7.35. The van der Waals surface area contributed by atoms with Crippen molar-refractivity contribution in [2.75, 3.05) is 23.9 Å². The van der Waals surface area contributed by atoms with Crippen LogP contribution in [0, 0.1) is 5.92 Å². The first-order chi connectivity index (χ1) is 14.6. The summed E-state index contributed by atoms with van der Waals surface area (Å²) in [5, 5.41) is 12.7. The van der Waals surface area contributed by atoms with Crippen molar-refractivity contribution in [3.63, 3.8) is 0 Å². The molecule has 0 heterocycles. The summed E-state index contributed by atoms with van der Waals surface area (Å²) < 4.78 is 18.4. The summed E-state index contributed by atoms with van der Waals surface area (Å²) in [6.45, 7) is 1.60. The Kier molecular flexibility index (Phi) is 9.53. The van der Waals surface area contributed by atoms with Crippen LogP contribution in [0.25, 0.3) is 0 Å². The molecule has 0 radical (unpaired) electrons. The Bertz CT molecular complexity index is 925. The number of carbonyl (C=O) groups excluding carboxylic acids is 1. The van der Waals surface area contributed by atoms with E-state index in [1.54, 1.807) is 55.5 Å². The van der Waals surface area contributed by atoms with Gasteiger partial charge in [-0.3, -0.25) is 19.5 Å². The maximum Gasteiger partial charge on any atom is 0.308 e. The predicted octanol–water partition coefficient (Wildman–Crippen LogP) is 5.27. The minimum absolute atomic E-state index is 0.0875. The molecule has 0 aromatic heterocycles. The molecule has 31 heavy (non-hydrogen) atoms. The zero-order chi connectivity index (χ0) is 23.0. The first-order valence-corrected chi connectivity index (χ1v) is 12.4. The number of ether oxygens (including phenoxy) is 1. The van der Waals surface area contributed by atoms with E-state index in [-0.39, 0.29) is 16.4 Å². The minimum atomic E-state index is -3.51. The summed E-state index contributed by atoms with van der Waals surface area (Å²) in [6, 6.07) is 13.6. The molecule has 166 valence electrons. The molecule has 0 aliphatic carbocycles. The molecule has 0 aliphatic rings. The van der Waals surface area contributed by atoms with Crippen molar-refractivity contribution in [1.82, 2.24) is 10.2 Å². The third kappa shape index (κ3) is 8.63. The van der Waals surface area contributed by atoms with Crippen LogP contribution in [0.5, 0.6) is 0 Å². The lowest BCUT2D eigenvalue weighted by molar-refractivity contribution is -0.144. The Morgan fingerprint density at radius 3 is 1.68 bits per heavy atom. The smallest absolute Gasteiger partial charge is 0.308 e. The van der Waals surface area contributed by atoms with E-state index < -0.39 is 19.3 Å². The van der Waals surface area contributed by atoms with Gasteiger partial charge in [0.15, 0.2) is 10.2 Å². The average Bonchev–Trinajstić information content (AvgIpc) is 2.70. The van der Waals surface area contributed by atoms with E-state index in [1.807, 2.05) is 0 Å². The zero-order valence-corrected chi connectivity index (χ0v) is 20.7. The van der Waals surface area contributed by atoms with Gasteiger partial charge in [0.2, 0.25) is 0 Å². The summed E-state index contributed by atoms with van der Waals surface area (Å²) in [5.41, 5.74) is 1.30. The van der Waals surface area contributed by atoms with Crippen LogP contribution in [-0.4, -0.2) is 29.5 Å². The Morgan fingerprint density at radius 2 is 1.32 bits per heavy atom. The number of halogens is 2. The monoisotopic (exact) mass is 518 g/mol. The quantitative estimate of drug-likeness (QED) is 0.222. The van der Waals surface area contributed by atoms with Crippen molar-refractivity contribution in [3.8, 4) is 0 Å². The fourth-order valence-corrected chi connectivity index (χ4v) is 5.79. The van der Waals surface area contributed by atoms with E-state index in [0.29, 0.717) is 21.4 Å². The van der Waals surface area contributed by atoms with Crippen LogP contribution in [-0.2, 0) is 14.1 Å². The molecule has 0 amide bonds. The van der Waals surface area contributed by atoms with Gasteiger partial charge in [-0.1, -0.05) is 30.1 Å². The van der Waals surface area contributed by atoms with Gasteiger partial charge in [0, 0.05) is 21.4 Å². The van der Waals surface area contributed by atoms with Crippen LogP contribution >= 0.6 is 55.1 Å². The Balaban J connectivity index is 2.12. The SMILES string of the molecule is COC(=O)C(C)CP(=O)(NC(=S)Nc1ccc(Cl)cc1)NC(=S)Nc1ccc(Cl)cc1. The van der Waals surface area contributed by atoms with Crippen molar-refractivity contribution < 1.29 is 14.1 Å². The van der Waals surface area contributed by atoms with Gasteiger partial charge in [-0.05, 0) is 73.0 Å². The predicted molar refractivity (Wildman–Crippen MR) is 135 cm³/mol. The molecular weight excluding hydrogens is 498 g/mol. The Morgan fingerprint density at radius 1 is 0.935 bits per heavy atom. The van der Waals surface area contributed by atoms with Gasteiger partial charge in [-0.25, -0.2) is 0 Å². The van der Waals surface area contributed by atoms with Crippen LogP contribution in [0.4, 0.5) is 11.4 Å². The minimum Gasteiger partial charge on any atom is -0.469 e. The number of benzene rings is 2. The van der Waals surface area contributed by atoms with Gasteiger partial charge in [0.25, 0.3) is 7.44 Å². The number of thiocarbonyl (C=S) groups is 2. The molecule has 4 N–H and O–H groups in total. The Labute approximate surface area is 201 Å². The van der Waals surface area contributed by atoms with E-state index >= 15 is 0 Å². The average molecular weight is 519 g/mol. The molecule has 0 spiro atoms. The summed E-state index contributed by atoms with van der Waals surface area (Å²) in [4.78, 5) is 11.9. The second-order valence-corrected chi connectivity index (χ2v) is 10.5. The molecule has 2 rings (SSSR count). The lowest BCUT2D eigenvalue weighted by Crippen LogP contribution is -2.38. The molecule has 0 saturated carbocycles. The number of hydrogen-bond acceptors (Lipinski definition) is 5. The lowest BCUT2D eigenvalue weighted by atomic mass is 10.2. The molecule has 0 saturated heterocycles. The first kappa shape index (κ1) is 25.4. The molecule has 0 bridgehead atoms. The molecule has 12 heteroatoms. The molecule has 0 fully saturated rings. The van der Waals surface area contributed by atoms with Crippen molar-refractivity contribution >= 4 is 82.6 Å². The molecular formula is C19H21Cl2N4O3PS2. The van der Waals surface area contributed by atoms with E-state index in [2.05, 4.69) is 20.8 Å². The number of nitrogens with one attached hydrogen (secondary N) is 4. The topological polar surface area (TPSA) is 91.5 Å². The molecule has 0 aliphatic heterocycles. The third-order valence-electron chi connectivity index (χ3n) is 3.90. The molecule has 2 aromatic carbocycles. The van der Waals surface area contributed by atoms with Gasteiger partial charge >= 0.3 is 5.97 Å². The van der Waals surface area contributed by atoms with Gasteiger partial charge in [-0.2, -0.15) is 0 Å². The van der Waals surface area contributed by atoms with Gasteiger partial charge < -0.3 is 15.4 Å². The van der Waals surface area contributed by atoms with E-state index in [1.165, 1.54) is 7.11 Å². The highest BCUT2D eigenvalue weighted by molar-refractivity contribution is 7.82. The second kappa shape index (κ2) is 11.6. The normalized spacial score (nSPS) is 11.7. The van der Waals surface area contributed by atoms with E-state index in [9.17, 15) is 9.36 Å². The van der Waals surface area contributed by atoms with Gasteiger partial charge in [0.05, 0.1) is 19.2 Å². The standard InChI is InChI=1S/C19H21Cl2N4O3PS2/c1-12(17(26)28-2)11-29(27,24-18(30)22-15-7-3-13(20)4-8-15)25-19(31)23-16-9-5-14(21)6-10-16/h3-10,12H,11H2,1-2H3,(H4,22,23,24,25,27,30,31). The maximum absolute atomic E-state index is 13.6. The second-order valence-electron chi connectivity index (χ2n) is 6.49. The van der Waals surface area contributed by atoms with Crippen LogP contribution in [0.15, 0.2) is 48.5 Å². The molecule has 7 nitrogen and oxygen atoms in total. The number of esters is 1. The van der Waals surface area contributed by atoms with Crippen LogP contribution in [0.3, 0.4) is 0 Å².